The molecule has 154 valence electrons. The fraction of sp³-hybridized carbons (Fsp3) is 0.208. The Morgan fingerprint density at radius 2 is 1.53 bits per heavy atom. The second-order valence-electron chi connectivity index (χ2n) is 7.54. The van der Waals surface area contributed by atoms with Gasteiger partial charge in [0.05, 0.1) is 4.90 Å². The van der Waals surface area contributed by atoms with Crippen molar-refractivity contribution in [1.29, 1.82) is 0 Å². The lowest BCUT2D eigenvalue weighted by Crippen LogP contribution is -2.27. The Kier molecular flexibility index (Phi) is 5.70. The Labute approximate surface area is 177 Å². The highest BCUT2D eigenvalue weighted by molar-refractivity contribution is 7.89. The molecule has 1 amide bonds. The van der Waals surface area contributed by atoms with Crippen LogP contribution in [0.15, 0.2) is 77.7 Å². The SMILES string of the molecule is Cc1ccc(NC(=O)c2cccc(-c3ccc(S(=O)(=O)N4CCCC4)cc3)c2)cc1. The van der Waals surface area contributed by atoms with E-state index in [1.54, 1.807) is 30.3 Å². The van der Waals surface area contributed by atoms with Crippen molar-refractivity contribution >= 4 is 21.6 Å². The number of rotatable bonds is 5. The second-order valence-corrected chi connectivity index (χ2v) is 9.47. The van der Waals surface area contributed by atoms with Crippen molar-refractivity contribution < 1.29 is 13.2 Å². The zero-order valence-electron chi connectivity index (χ0n) is 16.8. The van der Waals surface area contributed by atoms with Gasteiger partial charge in [0.25, 0.3) is 5.91 Å². The fourth-order valence-electron chi connectivity index (χ4n) is 3.58. The van der Waals surface area contributed by atoms with Gasteiger partial charge in [-0.2, -0.15) is 4.31 Å². The van der Waals surface area contributed by atoms with Crippen molar-refractivity contribution in [1.82, 2.24) is 4.31 Å². The second kappa shape index (κ2) is 8.42. The van der Waals surface area contributed by atoms with Crippen molar-refractivity contribution in [3.05, 3.63) is 83.9 Å². The molecule has 0 unspecified atom stereocenters. The van der Waals surface area contributed by atoms with Crippen LogP contribution in [0.25, 0.3) is 11.1 Å². The van der Waals surface area contributed by atoms with Crippen molar-refractivity contribution in [2.45, 2.75) is 24.7 Å². The molecule has 0 bridgehead atoms. The number of carbonyl (C=O) groups is 1. The lowest BCUT2D eigenvalue weighted by atomic mass is 10.0. The summed E-state index contributed by atoms with van der Waals surface area (Å²) in [5, 5.41) is 2.90. The lowest BCUT2D eigenvalue weighted by Gasteiger charge is -2.15. The van der Waals surface area contributed by atoms with Crippen LogP contribution in [0.2, 0.25) is 0 Å². The van der Waals surface area contributed by atoms with Gasteiger partial charge in [-0.3, -0.25) is 4.79 Å². The standard InChI is InChI=1S/C24H24N2O3S/c1-18-7-11-22(12-8-18)25-24(27)21-6-4-5-20(17-21)19-9-13-23(14-10-19)30(28,29)26-15-2-3-16-26/h4-14,17H,2-3,15-16H2,1H3,(H,25,27). The number of carbonyl (C=O) groups excluding carboxylic acids is 1. The van der Waals surface area contributed by atoms with Gasteiger partial charge in [-0.05, 0) is 67.3 Å². The summed E-state index contributed by atoms with van der Waals surface area (Å²) in [4.78, 5) is 12.9. The quantitative estimate of drug-likeness (QED) is 0.651. The summed E-state index contributed by atoms with van der Waals surface area (Å²) in [6.45, 7) is 3.17. The van der Waals surface area contributed by atoms with Gasteiger partial charge < -0.3 is 5.32 Å². The molecular formula is C24H24N2O3S. The largest absolute Gasteiger partial charge is 0.322 e. The average molecular weight is 421 g/mol. The highest BCUT2D eigenvalue weighted by Gasteiger charge is 2.26. The first-order valence-corrected chi connectivity index (χ1v) is 11.5. The Morgan fingerprint density at radius 1 is 0.867 bits per heavy atom. The van der Waals surface area contributed by atoms with E-state index >= 15 is 0 Å². The summed E-state index contributed by atoms with van der Waals surface area (Å²) in [7, 11) is -3.43. The zero-order chi connectivity index (χ0) is 21.1. The van der Waals surface area contributed by atoms with Gasteiger partial charge in [0.15, 0.2) is 0 Å². The van der Waals surface area contributed by atoms with E-state index in [2.05, 4.69) is 5.32 Å². The molecule has 1 aliphatic heterocycles. The third kappa shape index (κ3) is 4.30. The molecule has 5 nitrogen and oxygen atoms in total. The van der Waals surface area contributed by atoms with Crippen molar-refractivity contribution in [2.75, 3.05) is 18.4 Å². The molecule has 1 fully saturated rings. The van der Waals surface area contributed by atoms with Crippen LogP contribution in [-0.4, -0.2) is 31.7 Å². The maximum atomic E-state index is 12.7. The number of nitrogens with zero attached hydrogens (tertiary/aromatic N) is 1. The maximum absolute atomic E-state index is 12.7. The van der Waals surface area contributed by atoms with Crippen LogP contribution in [0.4, 0.5) is 5.69 Å². The lowest BCUT2D eigenvalue weighted by molar-refractivity contribution is 0.102. The van der Waals surface area contributed by atoms with Gasteiger partial charge in [0, 0.05) is 24.3 Å². The first-order chi connectivity index (χ1) is 14.4. The Morgan fingerprint density at radius 3 is 2.20 bits per heavy atom. The zero-order valence-corrected chi connectivity index (χ0v) is 17.7. The number of benzene rings is 3. The van der Waals surface area contributed by atoms with Gasteiger partial charge in [0.2, 0.25) is 10.0 Å². The van der Waals surface area contributed by atoms with Crippen LogP contribution in [0.1, 0.15) is 28.8 Å². The molecule has 4 rings (SSSR count). The van der Waals surface area contributed by atoms with Crippen LogP contribution in [-0.2, 0) is 10.0 Å². The minimum Gasteiger partial charge on any atom is -0.322 e. The predicted molar refractivity (Wildman–Crippen MR) is 119 cm³/mol. The van der Waals surface area contributed by atoms with Crippen molar-refractivity contribution in [3.8, 4) is 11.1 Å². The van der Waals surface area contributed by atoms with Crippen LogP contribution >= 0.6 is 0 Å². The summed E-state index contributed by atoms with van der Waals surface area (Å²) in [5.74, 6) is -0.186. The predicted octanol–water partition coefficient (Wildman–Crippen LogP) is 4.70. The average Bonchev–Trinajstić information content (AvgIpc) is 3.31. The molecule has 1 saturated heterocycles. The van der Waals surface area contributed by atoms with Gasteiger partial charge in [-0.25, -0.2) is 8.42 Å². The van der Waals surface area contributed by atoms with E-state index in [-0.39, 0.29) is 5.91 Å². The monoisotopic (exact) mass is 420 g/mol. The summed E-state index contributed by atoms with van der Waals surface area (Å²) in [6.07, 6.45) is 1.82. The molecule has 0 atom stereocenters. The first kappa shape index (κ1) is 20.3. The summed E-state index contributed by atoms with van der Waals surface area (Å²) < 4.78 is 26.9. The maximum Gasteiger partial charge on any atom is 0.255 e. The highest BCUT2D eigenvalue weighted by Crippen LogP contribution is 2.26. The normalized spacial score (nSPS) is 14.6. The van der Waals surface area contributed by atoms with Crippen LogP contribution < -0.4 is 5.32 Å². The number of aryl methyl sites for hydroxylation is 1. The summed E-state index contributed by atoms with van der Waals surface area (Å²) in [6, 6.07) is 21.8. The van der Waals surface area contributed by atoms with E-state index in [1.807, 2.05) is 49.4 Å². The molecule has 0 aliphatic carbocycles. The molecule has 0 radical (unpaired) electrons. The number of amides is 1. The van der Waals surface area contributed by atoms with E-state index < -0.39 is 10.0 Å². The minimum atomic E-state index is -3.43. The topological polar surface area (TPSA) is 66.5 Å². The number of hydrogen-bond acceptors (Lipinski definition) is 3. The van der Waals surface area contributed by atoms with E-state index in [0.717, 1.165) is 35.2 Å². The number of hydrogen-bond donors (Lipinski definition) is 1. The molecular weight excluding hydrogens is 396 g/mol. The first-order valence-electron chi connectivity index (χ1n) is 10.0. The van der Waals surface area contributed by atoms with E-state index in [1.165, 1.54) is 4.31 Å². The van der Waals surface area contributed by atoms with Gasteiger partial charge in [-0.15, -0.1) is 0 Å². The van der Waals surface area contributed by atoms with Crippen molar-refractivity contribution in [2.24, 2.45) is 0 Å². The molecule has 0 aromatic heterocycles. The van der Waals surface area contributed by atoms with E-state index in [4.69, 9.17) is 0 Å². The molecule has 1 aliphatic rings. The Bertz CT molecular complexity index is 1150. The molecule has 3 aromatic rings. The van der Waals surface area contributed by atoms with Gasteiger partial charge in [-0.1, -0.05) is 42.0 Å². The minimum absolute atomic E-state index is 0.186. The van der Waals surface area contributed by atoms with E-state index in [9.17, 15) is 13.2 Å². The summed E-state index contributed by atoms with van der Waals surface area (Å²) in [5.41, 5.74) is 4.14. The summed E-state index contributed by atoms with van der Waals surface area (Å²) >= 11 is 0. The molecule has 1 heterocycles. The number of anilines is 1. The van der Waals surface area contributed by atoms with Crippen LogP contribution in [0, 0.1) is 6.92 Å². The Balaban J connectivity index is 1.53. The molecule has 30 heavy (non-hydrogen) atoms. The fourth-order valence-corrected chi connectivity index (χ4v) is 5.09. The van der Waals surface area contributed by atoms with Gasteiger partial charge >= 0.3 is 0 Å². The Hall–Kier alpha value is -2.96. The molecule has 1 N–H and O–H groups in total. The molecule has 0 spiro atoms. The third-order valence-electron chi connectivity index (χ3n) is 5.32. The third-order valence-corrected chi connectivity index (χ3v) is 7.24. The molecule has 6 heteroatoms. The number of sulfonamides is 1. The van der Waals surface area contributed by atoms with Gasteiger partial charge in [0.1, 0.15) is 0 Å². The molecule has 3 aromatic carbocycles. The highest BCUT2D eigenvalue weighted by atomic mass is 32.2. The smallest absolute Gasteiger partial charge is 0.255 e. The van der Waals surface area contributed by atoms with Crippen LogP contribution in [0.3, 0.4) is 0 Å². The van der Waals surface area contributed by atoms with E-state index in [0.29, 0.717) is 23.5 Å². The number of nitrogens with one attached hydrogen (secondary N) is 1. The van der Waals surface area contributed by atoms with Crippen LogP contribution in [0.5, 0.6) is 0 Å². The molecule has 0 saturated carbocycles. The van der Waals surface area contributed by atoms with Crippen molar-refractivity contribution in [3.63, 3.8) is 0 Å².